The Morgan fingerprint density at radius 2 is 1.94 bits per heavy atom. The van der Waals surface area contributed by atoms with E-state index >= 15 is 0 Å². The monoisotopic (exact) mass is 249 g/mol. The van der Waals surface area contributed by atoms with Gasteiger partial charge in [0.2, 0.25) is 0 Å². The first-order valence-corrected chi connectivity index (χ1v) is 7.12. The van der Waals surface area contributed by atoms with Crippen LogP contribution in [-0.4, -0.2) is 38.0 Å². The van der Waals surface area contributed by atoms with Crippen LogP contribution in [0.25, 0.3) is 0 Å². The van der Waals surface area contributed by atoms with Gasteiger partial charge in [0.1, 0.15) is 0 Å². The molecule has 6 heteroatoms. The highest BCUT2D eigenvalue weighted by Gasteiger charge is 2.28. The largest absolute Gasteiger partial charge is 0.370 e. The van der Waals surface area contributed by atoms with Gasteiger partial charge in [-0.25, -0.2) is 8.42 Å². The van der Waals surface area contributed by atoms with Gasteiger partial charge in [0.25, 0.3) is 0 Å². The Morgan fingerprint density at radius 1 is 1.38 bits per heavy atom. The van der Waals surface area contributed by atoms with Crippen molar-refractivity contribution in [2.45, 2.75) is 38.9 Å². The molecule has 0 fully saturated rings. The Labute approximate surface area is 98.4 Å². The van der Waals surface area contributed by atoms with Gasteiger partial charge >= 0.3 is 0 Å². The second kappa shape index (κ2) is 6.08. The summed E-state index contributed by atoms with van der Waals surface area (Å²) in [6, 6.07) is 0. The van der Waals surface area contributed by atoms with Crippen LogP contribution in [0, 0.1) is 0 Å². The van der Waals surface area contributed by atoms with Gasteiger partial charge in [-0.3, -0.25) is 4.99 Å². The molecule has 0 radical (unpaired) electrons. The van der Waals surface area contributed by atoms with Crippen LogP contribution in [0.2, 0.25) is 0 Å². The van der Waals surface area contributed by atoms with Crippen molar-refractivity contribution in [1.29, 1.82) is 0 Å². The van der Waals surface area contributed by atoms with Crippen molar-refractivity contribution >= 4 is 15.8 Å². The number of hydrogen-bond acceptors (Lipinski definition) is 3. The molecule has 0 spiro atoms. The molecule has 5 nitrogen and oxygen atoms in total. The number of aliphatic imine (C=N–C) groups is 1. The minimum Gasteiger partial charge on any atom is -0.370 e. The zero-order chi connectivity index (χ0) is 12.8. The molecule has 0 saturated heterocycles. The molecule has 0 aromatic rings. The van der Waals surface area contributed by atoms with Gasteiger partial charge < -0.3 is 11.1 Å². The fraction of sp³-hybridized carbons (Fsp3) is 0.900. The molecule has 0 aromatic heterocycles. The van der Waals surface area contributed by atoms with Crippen LogP contribution in [0.15, 0.2) is 4.99 Å². The third-order valence-electron chi connectivity index (χ3n) is 2.12. The second-order valence-corrected chi connectivity index (χ2v) is 7.49. The molecule has 96 valence electrons. The lowest BCUT2D eigenvalue weighted by molar-refractivity contribution is 0.559. The fourth-order valence-electron chi connectivity index (χ4n) is 0.908. The molecule has 0 aliphatic heterocycles. The van der Waals surface area contributed by atoms with Crippen molar-refractivity contribution in [1.82, 2.24) is 5.32 Å². The van der Waals surface area contributed by atoms with Crippen LogP contribution in [0.5, 0.6) is 0 Å². The first-order chi connectivity index (χ1) is 7.20. The summed E-state index contributed by atoms with van der Waals surface area (Å²) >= 11 is 0. The number of guanidine groups is 1. The SMILES string of the molecule is CCCN=C(N)NCCS(=O)(=O)C(C)(C)C. The van der Waals surface area contributed by atoms with E-state index in [9.17, 15) is 8.42 Å². The highest BCUT2D eigenvalue weighted by Crippen LogP contribution is 2.14. The number of nitrogens with zero attached hydrogens (tertiary/aromatic N) is 1. The molecule has 0 saturated carbocycles. The Kier molecular flexibility index (Phi) is 5.78. The molecule has 0 heterocycles. The third-order valence-corrected chi connectivity index (χ3v) is 4.72. The molecule has 16 heavy (non-hydrogen) atoms. The zero-order valence-electron chi connectivity index (χ0n) is 10.6. The summed E-state index contributed by atoms with van der Waals surface area (Å²) in [7, 11) is -3.09. The molecule has 0 bridgehead atoms. The van der Waals surface area contributed by atoms with Gasteiger partial charge in [-0.1, -0.05) is 6.92 Å². The molecule has 0 amide bonds. The predicted molar refractivity (Wildman–Crippen MR) is 68.3 cm³/mol. The molecule has 0 aliphatic rings. The molecule has 0 rings (SSSR count). The predicted octanol–water partition coefficient (Wildman–Crippen LogP) is 0.514. The summed E-state index contributed by atoms with van der Waals surface area (Å²) in [6.45, 7) is 8.04. The highest BCUT2D eigenvalue weighted by molar-refractivity contribution is 7.92. The maximum absolute atomic E-state index is 11.7. The van der Waals surface area contributed by atoms with E-state index in [4.69, 9.17) is 5.73 Å². The van der Waals surface area contributed by atoms with Gasteiger partial charge in [0.15, 0.2) is 15.8 Å². The van der Waals surface area contributed by atoms with E-state index in [2.05, 4.69) is 10.3 Å². The minimum absolute atomic E-state index is 0.0683. The van der Waals surface area contributed by atoms with Gasteiger partial charge in [0.05, 0.1) is 10.5 Å². The second-order valence-electron chi connectivity index (χ2n) is 4.62. The van der Waals surface area contributed by atoms with E-state index in [1.165, 1.54) is 0 Å². The lowest BCUT2D eigenvalue weighted by Gasteiger charge is -2.19. The zero-order valence-corrected chi connectivity index (χ0v) is 11.4. The Hall–Kier alpha value is -0.780. The smallest absolute Gasteiger partial charge is 0.188 e. The number of nitrogens with two attached hydrogens (primary N) is 1. The van der Waals surface area contributed by atoms with Crippen molar-refractivity contribution < 1.29 is 8.42 Å². The molecule has 0 aliphatic carbocycles. The van der Waals surface area contributed by atoms with E-state index in [1.807, 2.05) is 6.92 Å². The van der Waals surface area contributed by atoms with E-state index < -0.39 is 14.6 Å². The lowest BCUT2D eigenvalue weighted by Crippen LogP contribution is -2.39. The summed E-state index contributed by atoms with van der Waals surface area (Å²) in [5.74, 6) is 0.379. The van der Waals surface area contributed by atoms with Gasteiger partial charge in [-0.2, -0.15) is 0 Å². The lowest BCUT2D eigenvalue weighted by atomic mass is 10.3. The quantitative estimate of drug-likeness (QED) is 0.549. The van der Waals surface area contributed by atoms with Crippen LogP contribution < -0.4 is 11.1 Å². The topological polar surface area (TPSA) is 84.5 Å². The summed E-state index contributed by atoms with van der Waals surface area (Å²) in [4.78, 5) is 4.01. The highest BCUT2D eigenvalue weighted by atomic mass is 32.2. The van der Waals surface area contributed by atoms with Crippen molar-refractivity contribution in [3.8, 4) is 0 Å². The number of sulfone groups is 1. The summed E-state index contributed by atoms with van der Waals surface area (Å²) < 4.78 is 22.7. The first-order valence-electron chi connectivity index (χ1n) is 5.47. The van der Waals surface area contributed by atoms with Crippen LogP contribution in [-0.2, 0) is 9.84 Å². The van der Waals surface area contributed by atoms with Crippen molar-refractivity contribution in [3.63, 3.8) is 0 Å². The van der Waals surface area contributed by atoms with E-state index in [0.29, 0.717) is 19.0 Å². The van der Waals surface area contributed by atoms with E-state index in [-0.39, 0.29) is 5.75 Å². The van der Waals surface area contributed by atoms with Crippen molar-refractivity contribution in [2.75, 3.05) is 18.8 Å². The van der Waals surface area contributed by atoms with Gasteiger partial charge in [-0.05, 0) is 27.2 Å². The van der Waals surface area contributed by atoms with Gasteiger partial charge in [0, 0.05) is 13.1 Å². The average molecular weight is 249 g/mol. The molecular weight excluding hydrogens is 226 g/mol. The fourth-order valence-corrected chi connectivity index (χ4v) is 1.89. The molecule has 0 atom stereocenters. The number of hydrogen-bond donors (Lipinski definition) is 2. The van der Waals surface area contributed by atoms with E-state index in [1.54, 1.807) is 20.8 Å². The molecule has 3 N–H and O–H groups in total. The molecule has 0 unspecified atom stereocenters. The Morgan fingerprint density at radius 3 is 2.38 bits per heavy atom. The average Bonchev–Trinajstić information content (AvgIpc) is 2.12. The van der Waals surface area contributed by atoms with Crippen molar-refractivity contribution in [2.24, 2.45) is 10.7 Å². The van der Waals surface area contributed by atoms with Crippen LogP contribution in [0.4, 0.5) is 0 Å². The van der Waals surface area contributed by atoms with Crippen molar-refractivity contribution in [3.05, 3.63) is 0 Å². The van der Waals surface area contributed by atoms with Gasteiger partial charge in [-0.15, -0.1) is 0 Å². The summed E-state index contributed by atoms with van der Waals surface area (Å²) in [5.41, 5.74) is 5.54. The Bertz CT molecular complexity index is 328. The normalized spacial score (nSPS) is 13.9. The third kappa shape index (κ3) is 5.34. The van der Waals surface area contributed by atoms with Crippen LogP contribution in [0.1, 0.15) is 34.1 Å². The summed E-state index contributed by atoms with van der Waals surface area (Å²) in [5, 5.41) is 2.79. The number of nitrogens with one attached hydrogen (secondary N) is 1. The minimum atomic E-state index is -3.09. The number of rotatable bonds is 5. The summed E-state index contributed by atoms with van der Waals surface area (Å²) in [6.07, 6.45) is 0.919. The maximum atomic E-state index is 11.7. The van der Waals surface area contributed by atoms with Crippen LogP contribution in [0.3, 0.4) is 0 Å². The Balaban J connectivity index is 4.10. The van der Waals surface area contributed by atoms with Crippen LogP contribution >= 0.6 is 0 Å². The molecule has 0 aromatic carbocycles. The standard InChI is InChI=1S/C10H23N3O2S/c1-5-6-12-9(11)13-7-8-16(14,15)10(2,3)4/h5-8H2,1-4H3,(H3,11,12,13). The maximum Gasteiger partial charge on any atom is 0.188 e. The molecular formula is C10H23N3O2S. The first kappa shape index (κ1) is 15.2. The van der Waals surface area contributed by atoms with E-state index in [0.717, 1.165) is 6.42 Å².